The first kappa shape index (κ1) is 32.0. The third-order valence-electron chi connectivity index (χ3n) is 9.66. The van der Waals surface area contributed by atoms with Crippen molar-refractivity contribution < 1.29 is 14.3 Å². The predicted octanol–water partition coefficient (Wildman–Crippen LogP) is 5.25. The van der Waals surface area contributed by atoms with Crippen LogP contribution in [0, 0.1) is 0 Å². The molecule has 0 radical (unpaired) electrons. The van der Waals surface area contributed by atoms with Crippen LogP contribution in [0.25, 0.3) is 22.8 Å². The van der Waals surface area contributed by atoms with Crippen molar-refractivity contribution in [2.75, 3.05) is 72.1 Å². The van der Waals surface area contributed by atoms with E-state index in [9.17, 15) is 9.59 Å². The molecule has 2 bridgehead atoms. The number of benzene rings is 3. The molecule has 1 aliphatic carbocycles. The molecule has 4 amide bonds. The minimum atomic E-state index is -0.320. The number of ether oxygens (including phenoxy) is 1. The first-order chi connectivity index (χ1) is 24.4. The SMILES string of the molecule is CN1CCN(c2ccc(NC(=O)Nc3ccc(-c4nc(-c5ccc(NC(=O)NC6CC6)cc5)nc(N5CC6CCC(C5)O6)n4)cc3)cc2)CC1. The molecule has 258 valence electrons. The maximum atomic E-state index is 12.9. The van der Waals surface area contributed by atoms with Gasteiger partial charge in [0.25, 0.3) is 0 Å². The minimum absolute atomic E-state index is 0.177. The van der Waals surface area contributed by atoms with Crippen LogP contribution in [0.1, 0.15) is 25.7 Å². The quantitative estimate of drug-likeness (QED) is 0.197. The molecule has 50 heavy (non-hydrogen) atoms. The molecular weight excluding hydrogens is 632 g/mol. The van der Waals surface area contributed by atoms with E-state index in [1.165, 1.54) is 0 Å². The Bertz CT molecular complexity index is 1810. The first-order valence-corrected chi connectivity index (χ1v) is 17.5. The van der Waals surface area contributed by atoms with Crippen molar-refractivity contribution in [3.05, 3.63) is 72.8 Å². The van der Waals surface area contributed by atoms with E-state index in [1.54, 1.807) is 0 Å². The maximum absolute atomic E-state index is 12.9. The summed E-state index contributed by atoms with van der Waals surface area (Å²) in [6.07, 6.45) is 4.49. The van der Waals surface area contributed by atoms with Crippen LogP contribution in [0.2, 0.25) is 0 Å². The van der Waals surface area contributed by atoms with Gasteiger partial charge in [-0.05, 0) is 106 Å². The first-order valence-electron chi connectivity index (χ1n) is 17.5. The van der Waals surface area contributed by atoms with Gasteiger partial charge in [0.2, 0.25) is 5.95 Å². The molecule has 4 N–H and O–H groups in total. The Balaban J connectivity index is 0.964. The van der Waals surface area contributed by atoms with Gasteiger partial charge in [-0.1, -0.05) is 0 Å². The summed E-state index contributed by atoms with van der Waals surface area (Å²) in [6, 6.07) is 22.7. The number of likely N-dealkylation sites (N-methyl/N-ethyl adjacent to an activating group) is 1. The van der Waals surface area contributed by atoms with E-state index in [1.807, 2.05) is 60.7 Å². The molecule has 13 nitrogen and oxygen atoms in total. The predicted molar refractivity (Wildman–Crippen MR) is 195 cm³/mol. The molecule has 4 aromatic rings. The minimum Gasteiger partial charge on any atom is -0.371 e. The Hall–Kier alpha value is -5.27. The summed E-state index contributed by atoms with van der Waals surface area (Å²) in [5.41, 5.74) is 4.84. The normalized spacial score (nSPS) is 20.3. The van der Waals surface area contributed by atoms with E-state index in [0.717, 1.165) is 87.5 Å². The number of nitrogens with one attached hydrogen (secondary N) is 4. The summed E-state index contributed by atoms with van der Waals surface area (Å²) >= 11 is 0. The summed E-state index contributed by atoms with van der Waals surface area (Å²) in [6.45, 7) is 5.53. The number of amides is 4. The monoisotopic (exact) mass is 674 g/mol. The molecular formula is C37H42N10O3. The lowest BCUT2D eigenvalue weighted by Gasteiger charge is -2.34. The van der Waals surface area contributed by atoms with E-state index in [0.29, 0.717) is 29.0 Å². The highest BCUT2D eigenvalue weighted by atomic mass is 16.5. The molecule has 3 aliphatic heterocycles. The number of rotatable bonds is 8. The molecule has 8 rings (SSSR count). The number of piperazine rings is 1. The van der Waals surface area contributed by atoms with Crippen LogP contribution >= 0.6 is 0 Å². The van der Waals surface area contributed by atoms with Gasteiger partial charge in [-0.3, -0.25) is 0 Å². The Labute approximate surface area is 291 Å². The van der Waals surface area contributed by atoms with Gasteiger partial charge >= 0.3 is 12.1 Å². The second-order valence-electron chi connectivity index (χ2n) is 13.6. The molecule has 2 unspecified atom stereocenters. The standard InChI is InChI=1S/C37H42N10O3/c1-45-18-20-46(21-19-45)30-14-12-29(13-15-30)41-37(49)39-27-8-4-25(5-9-27)34-42-33(43-35(44-34)47-22-31-16-17-32(23-47)50-31)24-2-6-26(7-3-24)38-36(48)40-28-10-11-28/h2-9,12-15,28,31-32H,10-11,16-23H2,1H3,(H2,38,40,48)(H2,39,41,49). The number of urea groups is 2. The van der Waals surface area contributed by atoms with Crippen molar-refractivity contribution in [2.45, 2.75) is 43.9 Å². The van der Waals surface area contributed by atoms with Gasteiger partial charge in [0.15, 0.2) is 11.6 Å². The number of hydrogen-bond acceptors (Lipinski definition) is 9. The van der Waals surface area contributed by atoms with Gasteiger partial charge in [-0.25, -0.2) is 14.6 Å². The fraction of sp³-hybridized carbons (Fsp3) is 0.378. The number of nitrogens with zero attached hydrogens (tertiary/aromatic N) is 6. The molecule has 1 aromatic heterocycles. The van der Waals surface area contributed by atoms with E-state index in [2.05, 4.69) is 55.1 Å². The second kappa shape index (κ2) is 13.9. The Kier molecular flexibility index (Phi) is 8.90. The third kappa shape index (κ3) is 7.63. The van der Waals surface area contributed by atoms with Crippen molar-refractivity contribution in [3.63, 3.8) is 0 Å². The van der Waals surface area contributed by atoms with Crippen LogP contribution in [-0.4, -0.2) is 96.5 Å². The highest BCUT2D eigenvalue weighted by molar-refractivity contribution is 6.00. The molecule has 0 spiro atoms. The lowest BCUT2D eigenvalue weighted by Crippen LogP contribution is -2.44. The summed E-state index contributed by atoms with van der Waals surface area (Å²) in [4.78, 5) is 46.6. The highest BCUT2D eigenvalue weighted by Gasteiger charge is 2.35. The smallest absolute Gasteiger partial charge is 0.323 e. The van der Waals surface area contributed by atoms with Crippen molar-refractivity contribution >= 4 is 40.8 Å². The fourth-order valence-corrected chi connectivity index (χ4v) is 6.64. The number of anilines is 5. The number of morpholine rings is 1. The fourth-order valence-electron chi connectivity index (χ4n) is 6.64. The van der Waals surface area contributed by atoms with Crippen LogP contribution in [-0.2, 0) is 4.74 Å². The van der Waals surface area contributed by atoms with Crippen molar-refractivity contribution in [2.24, 2.45) is 0 Å². The molecule has 13 heteroatoms. The van der Waals surface area contributed by atoms with Gasteiger partial charge in [0, 0.05) is 79.2 Å². The van der Waals surface area contributed by atoms with Crippen molar-refractivity contribution in [1.29, 1.82) is 0 Å². The molecule has 1 saturated carbocycles. The van der Waals surface area contributed by atoms with E-state index >= 15 is 0 Å². The Morgan fingerprint density at radius 1 is 0.620 bits per heavy atom. The van der Waals surface area contributed by atoms with E-state index in [4.69, 9.17) is 19.7 Å². The zero-order valence-corrected chi connectivity index (χ0v) is 28.1. The number of carbonyl (C=O) groups excluding carboxylic acids is 2. The zero-order valence-electron chi connectivity index (χ0n) is 28.1. The largest absolute Gasteiger partial charge is 0.371 e. The van der Waals surface area contributed by atoms with Crippen molar-refractivity contribution in [1.82, 2.24) is 25.2 Å². The summed E-state index contributed by atoms with van der Waals surface area (Å²) in [5.74, 6) is 1.68. The average Bonchev–Trinajstić information content (AvgIpc) is 3.89. The van der Waals surface area contributed by atoms with Gasteiger partial charge in [0.1, 0.15) is 0 Å². The van der Waals surface area contributed by atoms with Gasteiger partial charge in [0.05, 0.1) is 12.2 Å². The van der Waals surface area contributed by atoms with Crippen LogP contribution < -0.4 is 31.1 Å². The number of carbonyl (C=O) groups is 2. The summed E-state index contributed by atoms with van der Waals surface area (Å²) < 4.78 is 6.07. The summed E-state index contributed by atoms with van der Waals surface area (Å²) in [7, 11) is 2.14. The molecule has 2 atom stereocenters. The van der Waals surface area contributed by atoms with Gasteiger partial charge in [-0.2, -0.15) is 9.97 Å². The number of fused-ring (bicyclic) bond motifs is 2. The van der Waals surface area contributed by atoms with E-state index in [-0.39, 0.29) is 30.3 Å². The average molecular weight is 675 g/mol. The van der Waals surface area contributed by atoms with Crippen LogP contribution in [0.3, 0.4) is 0 Å². The number of aromatic nitrogens is 3. The second-order valence-corrected chi connectivity index (χ2v) is 13.6. The van der Waals surface area contributed by atoms with Gasteiger partial charge < -0.3 is 40.7 Å². The number of hydrogen-bond donors (Lipinski definition) is 4. The molecule has 4 fully saturated rings. The van der Waals surface area contributed by atoms with Crippen LogP contribution in [0.15, 0.2) is 72.8 Å². The Morgan fingerprint density at radius 3 is 1.64 bits per heavy atom. The molecule has 4 heterocycles. The van der Waals surface area contributed by atoms with E-state index < -0.39 is 0 Å². The third-order valence-corrected chi connectivity index (χ3v) is 9.66. The lowest BCUT2D eigenvalue weighted by atomic mass is 10.1. The van der Waals surface area contributed by atoms with Crippen molar-refractivity contribution in [3.8, 4) is 22.8 Å². The Morgan fingerprint density at radius 2 is 1.12 bits per heavy atom. The summed E-state index contributed by atoms with van der Waals surface area (Å²) in [5, 5.41) is 11.7. The maximum Gasteiger partial charge on any atom is 0.323 e. The van der Waals surface area contributed by atoms with Crippen LogP contribution in [0.4, 0.5) is 38.3 Å². The highest BCUT2D eigenvalue weighted by Crippen LogP contribution is 2.31. The van der Waals surface area contributed by atoms with Gasteiger partial charge in [-0.15, -0.1) is 0 Å². The van der Waals surface area contributed by atoms with Crippen LogP contribution in [0.5, 0.6) is 0 Å². The lowest BCUT2D eigenvalue weighted by molar-refractivity contribution is 0.0299. The molecule has 3 aromatic carbocycles. The zero-order chi connectivity index (χ0) is 34.0. The molecule has 3 saturated heterocycles. The topological polar surface area (TPSA) is 140 Å². The molecule has 4 aliphatic rings.